The van der Waals surface area contributed by atoms with E-state index < -0.39 is 0 Å². The Labute approximate surface area is 221 Å². The van der Waals surface area contributed by atoms with Crippen molar-refractivity contribution in [1.29, 1.82) is 0 Å². The van der Waals surface area contributed by atoms with E-state index in [9.17, 15) is 9.59 Å². The number of amides is 2. The van der Waals surface area contributed by atoms with Gasteiger partial charge in [0.2, 0.25) is 5.91 Å². The van der Waals surface area contributed by atoms with Crippen molar-refractivity contribution in [3.05, 3.63) is 94.2 Å². The van der Waals surface area contributed by atoms with E-state index >= 15 is 0 Å². The van der Waals surface area contributed by atoms with E-state index in [4.69, 9.17) is 4.74 Å². The number of nitrogens with one attached hydrogen (secondary N) is 2. The predicted octanol–water partition coefficient (Wildman–Crippen LogP) is 5.01. The lowest BCUT2D eigenvalue weighted by molar-refractivity contribution is -0.113. The summed E-state index contributed by atoms with van der Waals surface area (Å²) >= 11 is 4.72. The standard InChI is InChI=1S/C26H24BrN5O3S/c1-17-3-9-20(10-4-17)29-24(33)16-36-26-31-30-23(32(26)21-11-7-19(27)8-12-21)15-28-25(34)18-5-13-22(35-2)14-6-18/h3-14H,15-16H2,1-2H3,(H,28,34)(H,29,33). The van der Waals surface area contributed by atoms with E-state index in [1.807, 2.05) is 60.0 Å². The topological polar surface area (TPSA) is 98.1 Å². The number of carbonyl (C=O) groups is 2. The monoisotopic (exact) mass is 565 g/mol. The van der Waals surface area contributed by atoms with Gasteiger partial charge in [0.1, 0.15) is 5.75 Å². The predicted molar refractivity (Wildman–Crippen MR) is 144 cm³/mol. The van der Waals surface area contributed by atoms with Crippen LogP contribution in [-0.4, -0.2) is 39.4 Å². The Balaban J connectivity index is 1.48. The Morgan fingerprint density at radius 2 is 1.67 bits per heavy atom. The molecule has 0 spiro atoms. The van der Waals surface area contributed by atoms with Gasteiger partial charge in [-0.3, -0.25) is 14.2 Å². The zero-order valence-corrected chi connectivity index (χ0v) is 22.1. The highest BCUT2D eigenvalue weighted by Crippen LogP contribution is 2.24. The van der Waals surface area contributed by atoms with Crippen LogP contribution in [-0.2, 0) is 11.3 Å². The Kier molecular flexibility index (Phi) is 8.40. The van der Waals surface area contributed by atoms with Gasteiger partial charge in [0.05, 0.1) is 19.4 Å². The second kappa shape index (κ2) is 11.9. The molecule has 184 valence electrons. The van der Waals surface area contributed by atoms with Crippen LogP contribution in [0.4, 0.5) is 5.69 Å². The molecule has 4 rings (SSSR count). The number of thioether (sulfide) groups is 1. The van der Waals surface area contributed by atoms with E-state index in [0.717, 1.165) is 21.4 Å². The highest BCUT2D eigenvalue weighted by atomic mass is 79.9. The van der Waals surface area contributed by atoms with Gasteiger partial charge in [-0.2, -0.15) is 0 Å². The molecule has 36 heavy (non-hydrogen) atoms. The van der Waals surface area contributed by atoms with Crippen molar-refractivity contribution in [3.63, 3.8) is 0 Å². The van der Waals surface area contributed by atoms with E-state index in [1.54, 1.807) is 31.4 Å². The summed E-state index contributed by atoms with van der Waals surface area (Å²) in [4.78, 5) is 25.2. The van der Waals surface area contributed by atoms with Gasteiger partial charge in [-0.25, -0.2) is 0 Å². The maximum Gasteiger partial charge on any atom is 0.251 e. The summed E-state index contributed by atoms with van der Waals surface area (Å²) in [6.07, 6.45) is 0. The average Bonchev–Trinajstić information content (AvgIpc) is 3.30. The molecule has 0 bridgehead atoms. The van der Waals surface area contributed by atoms with E-state index in [2.05, 4.69) is 36.8 Å². The number of methoxy groups -OCH3 is 1. The lowest BCUT2D eigenvalue weighted by Crippen LogP contribution is -2.24. The van der Waals surface area contributed by atoms with Gasteiger partial charge in [0, 0.05) is 21.4 Å². The maximum atomic E-state index is 12.7. The summed E-state index contributed by atoms with van der Waals surface area (Å²) in [5.74, 6) is 0.981. The van der Waals surface area contributed by atoms with Gasteiger partial charge < -0.3 is 15.4 Å². The molecule has 10 heteroatoms. The van der Waals surface area contributed by atoms with Crippen molar-refractivity contribution in [3.8, 4) is 11.4 Å². The fourth-order valence-electron chi connectivity index (χ4n) is 3.33. The van der Waals surface area contributed by atoms with Crippen LogP contribution in [0.2, 0.25) is 0 Å². The molecule has 0 atom stereocenters. The number of rotatable bonds is 9. The molecular formula is C26H24BrN5O3S. The molecule has 0 aliphatic carbocycles. The molecule has 2 N–H and O–H groups in total. The number of hydrogen-bond acceptors (Lipinski definition) is 6. The van der Waals surface area contributed by atoms with Crippen LogP contribution in [0.5, 0.6) is 5.75 Å². The summed E-state index contributed by atoms with van der Waals surface area (Å²) < 4.78 is 7.91. The van der Waals surface area contributed by atoms with Gasteiger partial charge in [-0.1, -0.05) is 45.4 Å². The summed E-state index contributed by atoms with van der Waals surface area (Å²) in [7, 11) is 1.58. The molecule has 0 unspecified atom stereocenters. The second-order valence-electron chi connectivity index (χ2n) is 7.82. The highest BCUT2D eigenvalue weighted by molar-refractivity contribution is 9.10. The second-order valence-corrected chi connectivity index (χ2v) is 9.68. The number of nitrogens with zero attached hydrogens (tertiary/aromatic N) is 3. The molecule has 0 fully saturated rings. The lowest BCUT2D eigenvalue weighted by atomic mass is 10.2. The number of aryl methyl sites for hydroxylation is 1. The van der Waals surface area contributed by atoms with Gasteiger partial charge in [-0.05, 0) is 67.6 Å². The minimum Gasteiger partial charge on any atom is -0.497 e. The molecule has 2 amide bonds. The molecule has 0 radical (unpaired) electrons. The number of benzene rings is 3. The number of anilines is 1. The zero-order chi connectivity index (χ0) is 25.5. The molecule has 0 aliphatic rings. The third kappa shape index (κ3) is 6.52. The SMILES string of the molecule is COc1ccc(C(=O)NCc2nnc(SCC(=O)Nc3ccc(C)cc3)n2-c2ccc(Br)cc2)cc1. The molecule has 1 heterocycles. The summed E-state index contributed by atoms with van der Waals surface area (Å²) in [5.41, 5.74) is 3.19. The van der Waals surface area contributed by atoms with Crippen molar-refractivity contribution in [2.45, 2.75) is 18.6 Å². The molecule has 3 aromatic carbocycles. The summed E-state index contributed by atoms with van der Waals surface area (Å²) in [6, 6.07) is 22.1. The number of aromatic nitrogens is 3. The molecule has 0 aliphatic heterocycles. The summed E-state index contributed by atoms with van der Waals surface area (Å²) in [6.45, 7) is 2.15. The first kappa shape index (κ1) is 25.5. The first-order chi connectivity index (χ1) is 17.4. The highest BCUT2D eigenvalue weighted by Gasteiger charge is 2.17. The number of hydrogen-bond donors (Lipinski definition) is 2. The van der Waals surface area contributed by atoms with Crippen molar-refractivity contribution in [2.75, 3.05) is 18.2 Å². The van der Waals surface area contributed by atoms with Crippen LogP contribution in [0, 0.1) is 6.92 Å². The Hall–Kier alpha value is -3.63. The first-order valence-electron chi connectivity index (χ1n) is 11.0. The third-order valence-electron chi connectivity index (χ3n) is 5.21. The Morgan fingerprint density at radius 3 is 2.33 bits per heavy atom. The minimum absolute atomic E-state index is 0.149. The molecular weight excluding hydrogens is 542 g/mol. The van der Waals surface area contributed by atoms with Crippen LogP contribution in [0.3, 0.4) is 0 Å². The van der Waals surface area contributed by atoms with Gasteiger partial charge >= 0.3 is 0 Å². The van der Waals surface area contributed by atoms with Crippen LogP contribution in [0.25, 0.3) is 5.69 Å². The first-order valence-corrected chi connectivity index (χ1v) is 12.8. The normalized spacial score (nSPS) is 10.6. The molecule has 0 saturated heterocycles. The van der Waals surface area contributed by atoms with E-state index in [1.165, 1.54) is 11.8 Å². The Bertz CT molecular complexity index is 1340. The van der Waals surface area contributed by atoms with Gasteiger partial charge in [0.15, 0.2) is 11.0 Å². The Morgan fingerprint density at radius 1 is 0.972 bits per heavy atom. The number of carbonyl (C=O) groups excluding carboxylic acids is 2. The molecule has 1 aromatic heterocycles. The average molecular weight is 566 g/mol. The molecule has 4 aromatic rings. The van der Waals surface area contributed by atoms with Crippen LogP contribution >= 0.6 is 27.7 Å². The smallest absolute Gasteiger partial charge is 0.251 e. The van der Waals surface area contributed by atoms with Crippen molar-refractivity contribution in [1.82, 2.24) is 20.1 Å². The van der Waals surface area contributed by atoms with E-state index in [0.29, 0.717) is 22.3 Å². The van der Waals surface area contributed by atoms with Gasteiger partial charge in [-0.15, -0.1) is 10.2 Å². The number of ether oxygens (including phenoxy) is 1. The zero-order valence-electron chi connectivity index (χ0n) is 19.7. The quantitative estimate of drug-likeness (QED) is 0.277. The fraction of sp³-hybridized carbons (Fsp3) is 0.154. The van der Waals surface area contributed by atoms with Crippen LogP contribution < -0.4 is 15.4 Å². The maximum absolute atomic E-state index is 12.7. The van der Waals surface area contributed by atoms with Gasteiger partial charge in [0.25, 0.3) is 5.91 Å². The lowest BCUT2D eigenvalue weighted by Gasteiger charge is -2.11. The third-order valence-corrected chi connectivity index (χ3v) is 6.67. The minimum atomic E-state index is -0.241. The van der Waals surface area contributed by atoms with Crippen molar-refractivity contribution in [2.24, 2.45) is 0 Å². The molecule has 8 nitrogen and oxygen atoms in total. The number of halogens is 1. The van der Waals surface area contributed by atoms with Crippen LogP contribution in [0.1, 0.15) is 21.7 Å². The largest absolute Gasteiger partial charge is 0.497 e. The van der Waals surface area contributed by atoms with Crippen molar-refractivity contribution >= 4 is 45.2 Å². The fourth-order valence-corrected chi connectivity index (χ4v) is 4.36. The van der Waals surface area contributed by atoms with Crippen LogP contribution in [0.15, 0.2) is 82.4 Å². The van der Waals surface area contributed by atoms with E-state index in [-0.39, 0.29) is 24.1 Å². The summed E-state index contributed by atoms with van der Waals surface area (Å²) in [5, 5.41) is 14.9. The van der Waals surface area contributed by atoms with Crippen molar-refractivity contribution < 1.29 is 14.3 Å². The molecule has 0 saturated carbocycles.